The lowest BCUT2D eigenvalue weighted by molar-refractivity contribution is 0.123. The van der Waals surface area contributed by atoms with Gasteiger partial charge in [-0.2, -0.15) is 0 Å². The molecule has 0 unspecified atom stereocenters. The van der Waals surface area contributed by atoms with Crippen molar-refractivity contribution in [3.8, 4) is 0 Å². The molecule has 0 saturated carbocycles. The second kappa shape index (κ2) is 6.05. The predicted octanol–water partition coefficient (Wildman–Crippen LogP) is 3.47. The summed E-state index contributed by atoms with van der Waals surface area (Å²) in [6, 6.07) is 19.7. The molecule has 2 rings (SSSR count). The van der Waals surface area contributed by atoms with E-state index >= 15 is 0 Å². The van der Waals surface area contributed by atoms with E-state index in [1.54, 1.807) is 11.9 Å². The van der Waals surface area contributed by atoms with E-state index in [1.165, 1.54) is 7.11 Å². The third kappa shape index (κ3) is 2.94. The Balaban J connectivity index is 2.43. The molecule has 98 valence electrons. The fourth-order valence-corrected chi connectivity index (χ4v) is 2.16. The fraction of sp³-hybridized carbons (Fsp3) is 0.188. The molecule has 2 aromatic rings. The second-order valence-electron chi connectivity index (χ2n) is 4.30. The Labute approximate surface area is 113 Å². The maximum absolute atomic E-state index is 11.8. The van der Waals surface area contributed by atoms with E-state index in [9.17, 15) is 4.79 Å². The summed E-state index contributed by atoms with van der Waals surface area (Å²) in [7, 11) is 3.14. The molecule has 0 atom stereocenters. The van der Waals surface area contributed by atoms with Gasteiger partial charge in [-0.1, -0.05) is 60.7 Å². The van der Waals surface area contributed by atoms with Gasteiger partial charge in [0.15, 0.2) is 0 Å². The summed E-state index contributed by atoms with van der Waals surface area (Å²) in [6.07, 6.45) is -0.349. The number of hydrogen-bond donors (Lipinski definition) is 0. The van der Waals surface area contributed by atoms with Gasteiger partial charge in [-0.3, -0.25) is 0 Å². The molecule has 3 heteroatoms. The first-order chi connectivity index (χ1) is 9.24. The van der Waals surface area contributed by atoms with Crippen molar-refractivity contribution in [2.75, 3.05) is 14.2 Å². The maximum Gasteiger partial charge on any atom is 0.410 e. The van der Waals surface area contributed by atoms with Crippen molar-refractivity contribution < 1.29 is 9.53 Å². The highest BCUT2D eigenvalue weighted by Gasteiger charge is 2.23. The van der Waals surface area contributed by atoms with Crippen LogP contribution in [0, 0.1) is 0 Å². The zero-order valence-corrected chi connectivity index (χ0v) is 11.1. The molecule has 0 fully saturated rings. The first kappa shape index (κ1) is 13.1. The standard InChI is InChI=1S/C16H17NO2/c1-17(16(18)19-2)15(13-9-5-3-6-10-13)14-11-7-4-8-12-14/h3-12,15H,1-2H3. The quantitative estimate of drug-likeness (QED) is 0.840. The minimum absolute atomic E-state index is 0.144. The number of carbonyl (C=O) groups excluding carboxylic acids is 1. The van der Waals surface area contributed by atoms with Crippen molar-refractivity contribution in [1.82, 2.24) is 4.90 Å². The van der Waals surface area contributed by atoms with Crippen molar-refractivity contribution in [3.63, 3.8) is 0 Å². The van der Waals surface area contributed by atoms with Gasteiger partial charge in [0.05, 0.1) is 13.2 Å². The monoisotopic (exact) mass is 255 g/mol. The van der Waals surface area contributed by atoms with E-state index < -0.39 is 0 Å². The number of carbonyl (C=O) groups is 1. The predicted molar refractivity (Wildman–Crippen MR) is 74.9 cm³/mol. The molecular formula is C16H17NO2. The average molecular weight is 255 g/mol. The van der Waals surface area contributed by atoms with Crippen LogP contribution in [-0.4, -0.2) is 25.2 Å². The largest absolute Gasteiger partial charge is 0.453 e. The molecule has 0 heterocycles. The molecule has 0 spiro atoms. The van der Waals surface area contributed by atoms with Crippen molar-refractivity contribution in [2.24, 2.45) is 0 Å². The van der Waals surface area contributed by atoms with Crippen molar-refractivity contribution in [1.29, 1.82) is 0 Å². The van der Waals surface area contributed by atoms with Crippen molar-refractivity contribution >= 4 is 6.09 Å². The van der Waals surface area contributed by atoms with Crippen LogP contribution in [0.2, 0.25) is 0 Å². The number of rotatable bonds is 3. The summed E-state index contributed by atoms with van der Waals surface area (Å²) in [5.41, 5.74) is 2.11. The van der Waals surface area contributed by atoms with Crippen LogP contribution in [-0.2, 0) is 4.74 Å². The highest BCUT2D eigenvalue weighted by molar-refractivity contribution is 5.68. The van der Waals surface area contributed by atoms with Crippen LogP contribution < -0.4 is 0 Å². The maximum atomic E-state index is 11.8. The zero-order valence-electron chi connectivity index (χ0n) is 11.1. The first-order valence-electron chi connectivity index (χ1n) is 6.14. The second-order valence-corrected chi connectivity index (χ2v) is 4.30. The van der Waals surface area contributed by atoms with E-state index in [2.05, 4.69) is 0 Å². The molecular weight excluding hydrogens is 238 g/mol. The van der Waals surface area contributed by atoms with E-state index in [1.807, 2.05) is 60.7 Å². The molecule has 0 aromatic heterocycles. The molecule has 2 aromatic carbocycles. The summed E-state index contributed by atoms with van der Waals surface area (Å²) < 4.78 is 4.82. The first-order valence-corrected chi connectivity index (χ1v) is 6.14. The van der Waals surface area contributed by atoms with Crippen LogP contribution >= 0.6 is 0 Å². The third-order valence-electron chi connectivity index (χ3n) is 3.08. The Morgan fingerprint density at radius 3 is 1.74 bits per heavy atom. The van der Waals surface area contributed by atoms with Crippen molar-refractivity contribution in [3.05, 3.63) is 71.8 Å². The lowest BCUT2D eigenvalue weighted by Crippen LogP contribution is -2.31. The number of methoxy groups -OCH3 is 1. The van der Waals surface area contributed by atoms with Gasteiger partial charge in [0.25, 0.3) is 0 Å². The van der Waals surface area contributed by atoms with E-state index in [-0.39, 0.29) is 12.1 Å². The van der Waals surface area contributed by atoms with E-state index in [0.717, 1.165) is 11.1 Å². The van der Waals surface area contributed by atoms with Gasteiger partial charge in [-0.05, 0) is 11.1 Å². The Morgan fingerprint density at radius 2 is 1.37 bits per heavy atom. The molecule has 1 amide bonds. The number of hydrogen-bond acceptors (Lipinski definition) is 2. The van der Waals surface area contributed by atoms with Gasteiger partial charge < -0.3 is 9.64 Å². The number of ether oxygens (including phenoxy) is 1. The van der Waals surface area contributed by atoms with Crippen LogP contribution in [0.5, 0.6) is 0 Å². The van der Waals surface area contributed by atoms with E-state index in [0.29, 0.717) is 0 Å². The van der Waals surface area contributed by atoms with Crippen LogP contribution in [0.15, 0.2) is 60.7 Å². The Hall–Kier alpha value is -2.29. The molecule has 0 radical (unpaired) electrons. The minimum atomic E-state index is -0.349. The summed E-state index contributed by atoms with van der Waals surface area (Å²) in [5.74, 6) is 0. The molecule has 0 N–H and O–H groups in total. The van der Waals surface area contributed by atoms with Gasteiger partial charge in [0, 0.05) is 7.05 Å². The molecule has 0 saturated heterocycles. The number of nitrogens with zero attached hydrogens (tertiary/aromatic N) is 1. The number of benzene rings is 2. The summed E-state index contributed by atoms with van der Waals surface area (Å²) in [5, 5.41) is 0. The average Bonchev–Trinajstić information content (AvgIpc) is 2.49. The molecule has 3 nitrogen and oxygen atoms in total. The number of amides is 1. The van der Waals surface area contributed by atoms with Gasteiger partial charge in [0.1, 0.15) is 0 Å². The Morgan fingerprint density at radius 1 is 0.947 bits per heavy atom. The SMILES string of the molecule is COC(=O)N(C)C(c1ccccc1)c1ccccc1. The smallest absolute Gasteiger partial charge is 0.410 e. The Bertz CT molecular complexity index is 485. The van der Waals surface area contributed by atoms with Gasteiger partial charge in [-0.25, -0.2) is 4.79 Å². The topological polar surface area (TPSA) is 29.5 Å². The van der Waals surface area contributed by atoms with Crippen LogP contribution in [0.25, 0.3) is 0 Å². The molecule has 0 aliphatic carbocycles. The molecule has 19 heavy (non-hydrogen) atoms. The third-order valence-corrected chi connectivity index (χ3v) is 3.08. The van der Waals surface area contributed by atoms with Crippen LogP contribution in [0.1, 0.15) is 17.2 Å². The highest BCUT2D eigenvalue weighted by atomic mass is 16.5. The lowest BCUT2D eigenvalue weighted by atomic mass is 9.98. The van der Waals surface area contributed by atoms with Gasteiger partial charge in [0.2, 0.25) is 0 Å². The minimum Gasteiger partial charge on any atom is -0.453 e. The molecule has 0 aliphatic rings. The zero-order chi connectivity index (χ0) is 13.7. The van der Waals surface area contributed by atoms with Crippen molar-refractivity contribution in [2.45, 2.75) is 6.04 Å². The summed E-state index contributed by atoms with van der Waals surface area (Å²) >= 11 is 0. The Kier molecular flexibility index (Phi) is 4.18. The summed E-state index contributed by atoms with van der Waals surface area (Å²) in [4.78, 5) is 13.4. The molecule has 0 aliphatic heterocycles. The van der Waals surface area contributed by atoms with E-state index in [4.69, 9.17) is 4.74 Å². The summed E-state index contributed by atoms with van der Waals surface area (Å²) in [6.45, 7) is 0. The lowest BCUT2D eigenvalue weighted by Gasteiger charge is -2.27. The highest BCUT2D eigenvalue weighted by Crippen LogP contribution is 2.27. The van der Waals surface area contributed by atoms with Crippen LogP contribution in [0.4, 0.5) is 4.79 Å². The van der Waals surface area contributed by atoms with Gasteiger partial charge >= 0.3 is 6.09 Å². The fourth-order valence-electron chi connectivity index (χ4n) is 2.16. The van der Waals surface area contributed by atoms with Gasteiger partial charge in [-0.15, -0.1) is 0 Å². The normalized spacial score (nSPS) is 10.3. The van der Waals surface area contributed by atoms with Crippen LogP contribution in [0.3, 0.4) is 0 Å². The molecule has 0 bridgehead atoms.